The van der Waals surface area contributed by atoms with E-state index in [-0.39, 0.29) is 24.2 Å². The van der Waals surface area contributed by atoms with Crippen LogP contribution in [0.3, 0.4) is 0 Å². The van der Waals surface area contributed by atoms with Gasteiger partial charge in [0.05, 0.1) is 0 Å². The first-order chi connectivity index (χ1) is 8.90. The van der Waals surface area contributed by atoms with E-state index in [1.165, 1.54) is 6.92 Å². The van der Waals surface area contributed by atoms with Crippen LogP contribution in [-0.2, 0) is 14.3 Å². The van der Waals surface area contributed by atoms with Crippen molar-refractivity contribution in [1.82, 2.24) is 0 Å². The topological polar surface area (TPSA) is 72.5 Å². The number of carbonyl (C=O) groups excluding carboxylic acids is 3. The van der Waals surface area contributed by atoms with Crippen molar-refractivity contribution in [3.05, 3.63) is 29.8 Å². The second-order valence-corrected chi connectivity index (χ2v) is 4.42. The molecule has 19 heavy (non-hydrogen) atoms. The van der Waals surface area contributed by atoms with Gasteiger partial charge in [-0.05, 0) is 24.3 Å². The van der Waals surface area contributed by atoms with Gasteiger partial charge in [-0.25, -0.2) is 0 Å². The highest BCUT2D eigenvalue weighted by atomic mass is 16.5. The number of Topliss-reactive ketones (excluding diaryl/α,β-unsaturated/α-hetero) is 1. The fourth-order valence-corrected chi connectivity index (χ4v) is 1.28. The molecular weight excluding hydrogens is 246 g/mol. The highest BCUT2D eigenvalue weighted by Crippen LogP contribution is 2.11. The quantitative estimate of drug-likeness (QED) is 0.651. The molecule has 5 nitrogen and oxygen atoms in total. The molecule has 0 fully saturated rings. The van der Waals surface area contributed by atoms with E-state index in [0.717, 1.165) is 0 Å². The van der Waals surface area contributed by atoms with Gasteiger partial charge in [-0.1, -0.05) is 13.8 Å². The third-order valence-corrected chi connectivity index (χ3v) is 2.41. The highest BCUT2D eigenvalue weighted by molar-refractivity contribution is 5.98. The van der Waals surface area contributed by atoms with Crippen LogP contribution in [-0.4, -0.2) is 24.3 Å². The minimum atomic E-state index is -0.492. The molecule has 1 amide bonds. The van der Waals surface area contributed by atoms with Gasteiger partial charge in [0.25, 0.3) is 0 Å². The normalized spacial score (nSPS) is 10.1. The van der Waals surface area contributed by atoms with Crippen molar-refractivity contribution >= 4 is 23.3 Å². The summed E-state index contributed by atoms with van der Waals surface area (Å²) >= 11 is 0. The van der Waals surface area contributed by atoms with Gasteiger partial charge in [-0.15, -0.1) is 0 Å². The first-order valence-corrected chi connectivity index (χ1v) is 5.97. The molecule has 102 valence electrons. The van der Waals surface area contributed by atoms with Gasteiger partial charge in [-0.3, -0.25) is 14.4 Å². The Balaban J connectivity index is 2.63. The monoisotopic (exact) mass is 263 g/mol. The van der Waals surface area contributed by atoms with Crippen molar-refractivity contribution in [3.63, 3.8) is 0 Å². The molecule has 0 bridgehead atoms. The summed E-state index contributed by atoms with van der Waals surface area (Å²) in [6.07, 6.45) is 0. The van der Waals surface area contributed by atoms with E-state index in [4.69, 9.17) is 0 Å². The van der Waals surface area contributed by atoms with Crippen LogP contribution in [0.15, 0.2) is 24.3 Å². The maximum Gasteiger partial charge on any atom is 0.303 e. The van der Waals surface area contributed by atoms with Gasteiger partial charge in [-0.2, -0.15) is 0 Å². The van der Waals surface area contributed by atoms with Gasteiger partial charge < -0.3 is 10.1 Å². The van der Waals surface area contributed by atoms with Crippen LogP contribution in [0, 0.1) is 5.92 Å². The summed E-state index contributed by atoms with van der Waals surface area (Å²) in [5.74, 6) is -0.963. The number of anilines is 1. The number of hydrogen-bond donors (Lipinski definition) is 1. The average molecular weight is 263 g/mol. The molecule has 0 saturated carbocycles. The van der Waals surface area contributed by atoms with E-state index in [2.05, 4.69) is 10.1 Å². The van der Waals surface area contributed by atoms with Crippen LogP contribution < -0.4 is 5.32 Å². The van der Waals surface area contributed by atoms with Crippen molar-refractivity contribution in [2.75, 3.05) is 11.9 Å². The Labute approximate surface area is 111 Å². The second-order valence-electron chi connectivity index (χ2n) is 4.42. The zero-order valence-corrected chi connectivity index (χ0v) is 11.2. The molecule has 1 aromatic carbocycles. The Morgan fingerprint density at radius 3 is 2.21 bits per heavy atom. The highest BCUT2D eigenvalue weighted by Gasteiger charge is 2.09. The third-order valence-electron chi connectivity index (χ3n) is 2.41. The Morgan fingerprint density at radius 1 is 1.16 bits per heavy atom. The molecule has 0 atom stereocenters. The van der Waals surface area contributed by atoms with E-state index in [1.54, 1.807) is 38.1 Å². The summed E-state index contributed by atoms with van der Waals surface area (Å²) in [5.41, 5.74) is 1.06. The van der Waals surface area contributed by atoms with Gasteiger partial charge in [0.15, 0.2) is 12.4 Å². The van der Waals surface area contributed by atoms with E-state index in [1.807, 2.05) is 0 Å². The fourth-order valence-electron chi connectivity index (χ4n) is 1.28. The summed E-state index contributed by atoms with van der Waals surface area (Å²) in [6.45, 7) is 4.57. The Hall–Kier alpha value is -2.17. The summed E-state index contributed by atoms with van der Waals surface area (Å²) in [5, 5.41) is 2.72. The van der Waals surface area contributed by atoms with Gasteiger partial charge >= 0.3 is 5.97 Å². The van der Waals surface area contributed by atoms with Crippen molar-refractivity contribution < 1.29 is 19.1 Å². The number of hydrogen-bond acceptors (Lipinski definition) is 4. The number of nitrogens with one attached hydrogen (secondary N) is 1. The first kappa shape index (κ1) is 14.9. The second kappa shape index (κ2) is 6.68. The SMILES string of the molecule is CC(=O)OCC(=O)c1ccc(NC(=O)C(C)C)cc1. The molecule has 1 aromatic rings. The molecule has 0 aliphatic heterocycles. The average Bonchev–Trinajstić information content (AvgIpc) is 2.36. The lowest BCUT2D eigenvalue weighted by Crippen LogP contribution is -2.17. The molecule has 0 unspecified atom stereocenters. The predicted molar refractivity (Wildman–Crippen MR) is 70.9 cm³/mol. The fraction of sp³-hybridized carbons (Fsp3) is 0.357. The van der Waals surface area contributed by atoms with Crippen molar-refractivity contribution in [2.24, 2.45) is 5.92 Å². The maximum absolute atomic E-state index is 11.6. The molecule has 0 aromatic heterocycles. The Bertz CT molecular complexity index is 477. The van der Waals surface area contributed by atoms with E-state index >= 15 is 0 Å². The molecule has 1 rings (SSSR count). The summed E-state index contributed by atoms with van der Waals surface area (Å²) in [4.78, 5) is 33.7. The minimum Gasteiger partial charge on any atom is -0.457 e. The van der Waals surface area contributed by atoms with Crippen LogP contribution in [0.1, 0.15) is 31.1 Å². The van der Waals surface area contributed by atoms with Crippen LogP contribution in [0.25, 0.3) is 0 Å². The lowest BCUT2D eigenvalue weighted by molar-refractivity contribution is -0.139. The number of esters is 1. The molecule has 1 N–H and O–H groups in total. The third kappa shape index (κ3) is 4.91. The summed E-state index contributed by atoms with van der Waals surface area (Å²) < 4.78 is 4.63. The molecule has 0 heterocycles. The molecular formula is C14H17NO4. The van der Waals surface area contributed by atoms with Gasteiger partial charge in [0, 0.05) is 24.1 Å². The van der Waals surface area contributed by atoms with Gasteiger partial charge in [0.2, 0.25) is 5.91 Å². The van der Waals surface area contributed by atoms with Crippen LogP contribution >= 0.6 is 0 Å². The lowest BCUT2D eigenvalue weighted by Gasteiger charge is -2.08. The Kier molecular flexibility index (Phi) is 5.23. The van der Waals surface area contributed by atoms with Gasteiger partial charge in [0.1, 0.15) is 0 Å². The van der Waals surface area contributed by atoms with Crippen LogP contribution in [0.4, 0.5) is 5.69 Å². The first-order valence-electron chi connectivity index (χ1n) is 5.97. The van der Waals surface area contributed by atoms with E-state index in [9.17, 15) is 14.4 Å². The molecule has 5 heteroatoms. The summed E-state index contributed by atoms with van der Waals surface area (Å²) in [7, 11) is 0. The van der Waals surface area contributed by atoms with E-state index in [0.29, 0.717) is 11.3 Å². The van der Waals surface area contributed by atoms with E-state index < -0.39 is 5.97 Å². The molecule has 0 saturated heterocycles. The van der Waals surface area contributed by atoms with Crippen molar-refractivity contribution in [2.45, 2.75) is 20.8 Å². The molecule has 0 aliphatic rings. The molecule has 0 radical (unpaired) electrons. The predicted octanol–water partition coefficient (Wildman–Crippen LogP) is 2.03. The lowest BCUT2D eigenvalue weighted by atomic mass is 10.1. The zero-order chi connectivity index (χ0) is 14.4. The standard InChI is InChI=1S/C14H17NO4/c1-9(2)14(18)15-12-6-4-11(5-7-12)13(17)8-19-10(3)16/h4-7,9H,8H2,1-3H3,(H,15,18). The number of carbonyl (C=O) groups is 3. The number of rotatable bonds is 5. The van der Waals surface area contributed by atoms with Crippen molar-refractivity contribution in [1.29, 1.82) is 0 Å². The molecule has 0 spiro atoms. The van der Waals surface area contributed by atoms with Crippen LogP contribution in [0.2, 0.25) is 0 Å². The van der Waals surface area contributed by atoms with Crippen molar-refractivity contribution in [3.8, 4) is 0 Å². The maximum atomic E-state index is 11.6. The minimum absolute atomic E-state index is 0.0843. The summed E-state index contributed by atoms with van der Waals surface area (Å²) in [6, 6.07) is 6.45. The number of benzene rings is 1. The largest absolute Gasteiger partial charge is 0.457 e. The smallest absolute Gasteiger partial charge is 0.303 e. The van der Waals surface area contributed by atoms with Crippen LogP contribution in [0.5, 0.6) is 0 Å². The Morgan fingerprint density at radius 2 is 1.74 bits per heavy atom. The zero-order valence-electron chi connectivity index (χ0n) is 11.2. The molecule has 0 aliphatic carbocycles. The number of ketones is 1. The number of ether oxygens (including phenoxy) is 1. The number of amides is 1.